The number of amides is 1. The van der Waals surface area contributed by atoms with Gasteiger partial charge in [-0.05, 0) is 82.7 Å². The van der Waals surface area contributed by atoms with E-state index in [2.05, 4.69) is 10.2 Å². The Labute approximate surface area is 183 Å². The number of aryl methyl sites for hydroxylation is 2. The summed E-state index contributed by atoms with van der Waals surface area (Å²) < 4.78 is 11.0. The second-order valence-corrected chi connectivity index (χ2v) is 9.07. The van der Waals surface area contributed by atoms with Crippen LogP contribution in [-0.2, 0) is 11.2 Å². The highest BCUT2D eigenvalue weighted by atomic mass is 16.5. The maximum atomic E-state index is 12.6. The molecule has 2 unspecified atom stereocenters. The first-order valence-electron chi connectivity index (χ1n) is 11.6. The zero-order valence-electron chi connectivity index (χ0n) is 19.0. The monoisotopic (exact) mass is 426 g/mol. The lowest BCUT2D eigenvalue weighted by Crippen LogP contribution is -2.51. The van der Waals surface area contributed by atoms with Crippen molar-refractivity contribution in [3.63, 3.8) is 0 Å². The van der Waals surface area contributed by atoms with Crippen LogP contribution in [0.5, 0.6) is 5.75 Å². The second-order valence-electron chi connectivity index (χ2n) is 9.07. The Morgan fingerprint density at radius 3 is 2.77 bits per heavy atom. The fourth-order valence-corrected chi connectivity index (χ4v) is 5.47. The van der Waals surface area contributed by atoms with Gasteiger partial charge in [0.2, 0.25) is 5.91 Å². The van der Waals surface area contributed by atoms with E-state index in [-0.39, 0.29) is 11.5 Å². The summed E-state index contributed by atoms with van der Waals surface area (Å²) in [4.78, 5) is 27.8. The number of ether oxygens (including phenoxy) is 1. The minimum absolute atomic E-state index is 0.0118. The highest BCUT2D eigenvalue weighted by Gasteiger charge is 2.32. The third kappa shape index (κ3) is 4.49. The van der Waals surface area contributed by atoms with E-state index in [0.717, 1.165) is 23.1 Å². The number of carbonyl (C=O) groups excluding carboxylic acids is 1. The van der Waals surface area contributed by atoms with Crippen molar-refractivity contribution >= 4 is 16.9 Å². The van der Waals surface area contributed by atoms with Crippen LogP contribution < -0.4 is 15.7 Å². The number of hydrogen-bond acceptors (Lipinski definition) is 5. The molecule has 168 valence electrons. The van der Waals surface area contributed by atoms with Gasteiger partial charge in [0.05, 0.1) is 7.11 Å². The molecule has 2 atom stereocenters. The lowest BCUT2D eigenvalue weighted by atomic mass is 9.83. The van der Waals surface area contributed by atoms with Crippen LogP contribution in [0.25, 0.3) is 11.0 Å². The van der Waals surface area contributed by atoms with E-state index in [9.17, 15) is 9.59 Å². The van der Waals surface area contributed by atoms with Gasteiger partial charge in [0.15, 0.2) is 0 Å². The molecule has 0 bridgehead atoms. The molecule has 2 aliphatic rings. The predicted molar refractivity (Wildman–Crippen MR) is 122 cm³/mol. The molecule has 3 heterocycles. The summed E-state index contributed by atoms with van der Waals surface area (Å²) in [6.45, 7) is 6.97. The van der Waals surface area contributed by atoms with Crippen LogP contribution in [-0.4, -0.2) is 43.6 Å². The zero-order chi connectivity index (χ0) is 22.0. The number of fused-ring (bicyclic) bond motifs is 2. The quantitative estimate of drug-likeness (QED) is 0.713. The van der Waals surface area contributed by atoms with E-state index < -0.39 is 0 Å². The molecule has 2 aromatic rings. The van der Waals surface area contributed by atoms with Crippen molar-refractivity contribution in [3.05, 3.63) is 39.2 Å². The summed E-state index contributed by atoms with van der Waals surface area (Å²) in [5, 5.41) is 4.04. The summed E-state index contributed by atoms with van der Waals surface area (Å²) >= 11 is 0. The molecule has 0 saturated carbocycles. The van der Waals surface area contributed by atoms with Crippen LogP contribution in [0.15, 0.2) is 21.3 Å². The number of piperidine rings is 2. The zero-order valence-corrected chi connectivity index (χ0v) is 19.0. The smallest absolute Gasteiger partial charge is 0.339 e. The van der Waals surface area contributed by atoms with E-state index in [1.165, 1.54) is 45.2 Å². The Kier molecular flexibility index (Phi) is 6.65. The van der Waals surface area contributed by atoms with E-state index in [0.29, 0.717) is 41.7 Å². The summed E-state index contributed by atoms with van der Waals surface area (Å²) in [5.74, 6) is 1.25. The van der Waals surface area contributed by atoms with Crippen LogP contribution >= 0.6 is 0 Å². The molecule has 6 heteroatoms. The molecule has 1 aromatic carbocycles. The van der Waals surface area contributed by atoms with Gasteiger partial charge in [0.1, 0.15) is 11.3 Å². The van der Waals surface area contributed by atoms with E-state index in [1.54, 1.807) is 7.11 Å². The van der Waals surface area contributed by atoms with Crippen LogP contribution in [0.2, 0.25) is 0 Å². The van der Waals surface area contributed by atoms with Gasteiger partial charge in [-0.25, -0.2) is 4.79 Å². The molecule has 2 fully saturated rings. The summed E-state index contributed by atoms with van der Waals surface area (Å²) in [6, 6.07) is 4.43. The normalized spacial score (nSPS) is 21.6. The van der Waals surface area contributed by atoms with Gasteiger partial charge < -0.3 is 19.4 Å². The van der Waals surface area contributed by atoms with Gasteiger partial charge in [0, 0.05) is 35.5 Å². The van der Waals surface area contributed by atoms with E-state index in [4.69, 9.17) is 9.15 Å². The molecule has 1 amide bonds. The Hall–Kier alpha value is -2.34. The second kappa shape index (κ2) is 9.43. The molecule has 6 nitrogen and oxygen atoms in total. The largest absolute Gasteiger partial charge is 0.496 e. The number of hydrogen-bond donors (Lipinski definition) is 1. The van der Waals surface area contributed by atoms with Gasteiger partial charge in [-0.3, -0.25) is 4.79 Å². The molecule has 1 N–H and O–H groups in total. The van der Waals surface area contributed by atoms with Crippen molar-refractivity contribution in [1.82, 2.24) is 10.2 Å². The Morgan fingerprint density at radius 2 is 1.97 bits per heavy atom. The van der Waals surface area contributed by atoms with Crippen LogP contribution in [0.4, 0.5) is 0 Å². The number of benzene rings is 1. The van der Waals surface area contributed by atoms with Crippen molar-refractivity contribution in [2.75, 3.05) is 26.7 Å². The molecule has 0 spiro atoms. The first-order valence-corrected chi connectivity index (χ1v) is 11.6. The number of carbonyl (C=O) groups is 1. The topological polar surface area (TPSA) is 71.8 Å². The third-order valence-corrected chi connectivity index (χ3v) is 7.27. The summed E-state index contributed by atoms with van der Waals surface area (Å²) in [6.07, 6.45) is 6.95. The van der Waals surface area contributed by atoms with Gasteiger partial charge in [-0.15, -0.1) is 0 Å². The minimum atomic E-state index is -0.362. The molecule has 31 heavy (non-hydrogen) atoms. The fourth-order valence-electron chi connectivity index (χ4n) is 5.47. The average molecular weight is 427 g/mol. The molecule has 0 aliphatic carbocycles. The highest BCUT2D eigenvalue weighted by molar-refractivity contribution is 5.85. The molecule has 1 aromatic heterocycles. The molecular formula is C25H34N2O4. The lowest BCUT2D eigenvalue weighted by molar-refractivity contribution is -0.121. The summed E-state index contributed by atoms with van der Waals surface area (Å²) in [7, 11) is 1.60. The first-order chi connectivity index (χ1) is 15.0. The maximum Gasteiger partial charge on any atom is 0.339 e. The Bertz CT molecular complexity index is 1010. The Morgan fingerprint density at radius 1 is 1.16 bits per heavy atom. The molecule has 0 radical (unpaired) electrons. The van der Waals surface area contributed by atoms with Crippen LogP contribution in [0, 0.1) is 19.8 Å². The van der Waals surface area contributed by atoms with Gasteiger partial charge in [0.25, 0.3) is 0 Å². The highest BCUT2D eigenvalue weighted by Crippen LogP contribution is 2.31. The van der Waals surface area contributed by atoms with Gasteiger partial charge in [-0.1, -0.05) is 6.42 Å². The first kappa shape index (κ1) is 21.9. The summed E-state index contributed by atoms with van der Waals surface area (Å²) in [5.41, 5.74) is 2.48. The number of nitrogens with zero attached hydrogens (tertiary/aromatic N) is 1. The molecule has 4 rings (SSSR count). The maximum absolute atomic E-state index is 12.6. The average Bonchev–Trinajstić information content (AvgIpc) is 2.78. The van der Waals surface area contributed by atoms with Crippen molar-refractivity contribution in [1.29, 1.82) is 0 Å². The molecule has 2 saturated heterocycles. The van der Waals surface area contributed by atoms with Crippen molar-refractivity contribution in [2.45, 2.75) is 64.8 Å². The minimum Gasteiger partial charge on any atom is -0.496 e. The predicted octanol–water partition coefficient (Wildman–Crippen LogP) is 3.73. The van der Waals surface area contributed by atoms with Crippen molar-refractivity contribution < 1.29 is 13.9 Å². The van der Waals surface area contributed by atoms with Gasteiger partial charge >= 0.3 is 5.63 Å². The SMILES string of the molecule is COc1ccc2c(C)c(CCC(=O)NCC3CCCN4CCCCC34)c(=O)oc2c1C. The fraction of sp³-hybridized carbons (Fsp3) is 0.600. The number of methoxy groups -OCH3 is 1. The van der Waals surface area contributed by atoms with Crippen LogP contribution in [0.1, 0.15) is 55.2 Å². The van der Waals surface area contributed by atoms with Crippen LogP contribution in [0.3, 0.4) is 0 Å². The Balaban J connectivity index is 1.39. The lowest BCUT2D eigenvalue weighted by Gasteiger charge is -2.44. The van der Waals surface area contributed by atoms with Gasteiger partial charge in [-0.2, -0.15) is 0 Å². The van der Waals surface area contributed by atoms with E-state index >= 15 is 0 Å². The number of rotatable bonds is 6. The third-order valence-electron chi connectivity index (χ3n) is 7.27. The number of nitrogens with one attached hydrogen (secondary N) is 1. The van der Waals surface area contributed by atoms with Crippen molar-refractivity contribution in [2.24, 2.45) is 5.92 Å². The van der Waals surface area contributed by atoms with E-state index in [1.807, 2.05) is 26.0 Å². The molecular weight excluding hydrogens is 392 g/mol. The van der Waals surface area contributed by atoms with Crippen molar-refractivity contribution in [3.8, 4) is 5.75 Å². The molecule has 2 aliphatic heterocycles. The standard InChI is InChI=1S/C25H34N2O4/c1-16-19-9-11-22(30-3)17(2)24(19)31-25(29)20(16)10-12-23(28)26-15-18-7-6-14-27-13-5-4-8-21(18)27/h9,11,18,21H,4-8,10,12-15H2,1-3H3,(H,26,28).